The lowest BCUT2D eigenvalue weighted by Gasteiger charge is -2.25. The third-order valence-electron chi connectivity index (χ3n) is 4.83. The maximum absolute atomic E-state index is 4.85. The lowest BCUT2D eigenvalue weighted by molar-refractivity contribution is 0.324. The number of halogens is 1. The molecular weight excluding hydrogens is 300 g/mol. The average Bonchev–Trinajstić information content (AvgIpc) is 2.88. The summed E-state index contributed by atoms with van der Waals surface area (Å²) < 4.78 is 2.25. The smallest absolute Gasteiger partial charge is 0.0627 e. The van der Waals surface area contributed by atoms with Crippen molar-refractivity contribution in [1.82, 2.24) is 9.78 Å². The van der Waals surface area contributed by atoms with Gasteiger partial charge in [0.05, 0.1) is 11.7 Å². The topological polar surface area (TPSA) is 17.8 Å². The van der Waals surface area contributed by atoms with Gasteiger partial charge in [0.25, 0.3) is 0 Å². The number of alkyl halides is 1. The first kappa shape index (κ1) is 13.7. The third-order valence-corrected chi connectivity index (χ3v) is 5.66. The predicted octanol–water partition coefficient (Wildman–Crippen LogP) is 4.88. The van der Waals surface area contributed by atoms with E-state index in [0.717, 1.165) is 10.7 Å². The van der Waals surface area contributed by atoms with Crippen LogP contribution in [0.25, 0.3) is 0 Å². The van der Waals surface area contributed by atoms with Crippen LogP contribution in [0.4, 0.5) is 0 Å². The van der Waals surface area contributed by atoms with Gasteiger partial charge < -0.3 is 0 Å². The molecule has 3 rings (SSSR count). The molecule has 2 saturated carbocycles. The maximum atomic E-state index is 4.85. The van der Waals surface area contributed by atoms with Gasteiger partial charge in [-0.3, -0.25) is 4.68 Å². The summed E-state index contributed by atoms with van der Waals surface area (Å²) in [4.78, 5) is 0.742. The van der Waals surface area contributed by atoms with Crippen LogP contribution in [-0.4, -0.2) is 14.6 Å². The fourth-order valence-electron chi connectivity index (χ4n) is 3.74. The summed E-state index contributed by atoms with van der Waals surface area (Å²) in [7, 11) is 0. The van der Waals surface area contributed by atoms with E-state index in [1.165, 1.54) is 69.9 Å². The number of hydrogen-bond acceptors (Lipinski definition) is 1. The molecule has 2 aliphatic rings. The number of aromatic nitrogens is 2. The molecule has 0 saturated heterocycles. The molecule has 19 heavy (non-hydrogen) atoms. The Kier molecular flexibility index (Phi) is 4.62. The van der Waals surface area contributed by atoms with Crippen LogP contribution in [0.3, 0.4) is 0 Å². The summed E-state index contributed by atoms with van der Waals surface area (Å²) in [6.07, 6.45) is 15.7. The van der Waals surface area contributed by atoms with Gasteiger partial charge in [0, 0.05) is 11.0 Å². The number of nitrogens with zero attached hydrogens (tertiary/aromatic N) is 2. The molecule has 2 fully saturated rings. The van der Waals surface area contributed by atoms with E-state index in [0.29, 0.717) is 6.04 Å². The van der Waals surface area contributed by atoms with Gasteiger partial charge in [-0.25, -0.2) is 0 Å². The van der Waals surface area contributed by atoms with E-state index in [4.69, 9.17) is 5.10 Å². The summed E-state index contributed by atoms with van der Waals surface area (Å²) >= 11 is 3.78. The van der Waals surface area contributed by atoms with Crippen LogP contribution in [0.5, 0.6) is 0 Å². The molecule has 2 aliphatic carbocycles. The molecule has 2 unspecified atom stereocenters. The van der Waals surface area contributed by atoms with Gasteiger partial charge in [-0.05, 0) is 50.5 Å². The van der Waals surface area contributed by atoms with Crippen LogP contribution in [-0.2, 0) is 6.42 Å². The molecule has 3 heteroatoms. The third kappa shape index (κ3) is 3.62. The normalized spacial score (nSPS) is 29.5. The van der Waals surface area contributed by atoms with Gasteiger partial charge in [-0.15, -0.1) is 0 Å². The van der Waals surface area contributed by atoms with Crippen molar-refractivity contribution in [3.8, 4) is 0 Å². The molecule has 0 N–H and O–H groups in total. The van der Waals surface area contributed by atoms with E-state index in [-0.39, 0.29) is 0 Å². The highest BCUT2D eigenvalue weighted by Gasteiger charge is 2.22. The van der Waals surface area contributed by atoms with Gasteiger partial charge in [0.1, 0.15) is 0 Å². The Bertz CT molecular complexity index is 395. The van der Waals surface area contributed by atoms with Crippen LogP contribution in [0, 0.1) is 5.92 Å². The largest absolute Gasteiger partial charge is 0.269 e. The van der Waals surface area contributed by atoms with Crippen molar-refractivity contribution in [2.75, 3.05) is 0 Å². The van der Waals surface area contributed by atoms with Gasteiger partial charge in [-0.2, -0.15) is 5.10 Å². The first-order valence-corrected chi connectivity index (χ1v) is 8.91. The van der Waals surface area contributed by atoms with Gasteiger partial charge >= 0.3 is 0 Å². The van der Waals surface area contributed by atoms with Crippen molar-refractivity contribution >= 4 is 15.9 Å². The Labute approximate surface area is 125 Å². The summed E-state index contributed by atoms with van der Waals surface area (Å²) in [5, 5.41) is 4.85. The van der Waals surface area contributed by atoms with Gasteiger partial charge in [0.15, 0.2) is 0 Å². The molecule has 1 aromatic rings. The number of hydrogen-bond donors (Lipinski definition) is 0. The van der Waals surface area contributed by atoms with E-state index in [9.17, 15) is 0 Å². The summed E-state index contributed by atoms with van der Waals surface area (Å²) in [6, 6.07) is 2.93. The first-order chi connectivity index (χ1) is 9.31. The molecule has 1 heterocycles. The van der Waals surface area contributed by atoms with Crippen LogP contribution in [0.1, 0.15) is 69.5 Å². The molecule has 2 atom stereocenters. The summed E-state index contributed by atoms with van der Waals surface area (Å²) in [6.45, 7) is 0. The second-order valence-corrected chi connectivity index (χ2v) is 7.71. The molecule has 0 radical (unpaired) electrons. The Morgan fingerprint density at radius 1 is 1.11 bits per heavy atom. The highest BCUT2D eigenvalue weighted by atomic mass is 79.9. The molecule has 0 bridgehead atoms. The fourth-order valence-corrected chi connectivity index (χ4v) is 4.59. The molecule has 106 valence electrons. The van der Waals surface area contributed by atoms with Crippen LogP contribution < -0.4 is 0 Å². The van der Waals surface area contributed by atoms with Crippen molar-refractivity contribution in [3.63, 3.8) is 0 Å². The molecule has 0 aromatic carbocycles. The lowest BCUT2D eigenvalue weighted by atomic mass is 9.86. The second-order valence-electron chi connectivity index (χ2n) is 6.41. The fraction of sp³-hybridized carbons (Fsp3) is 0.812. The first-order valence-electron chi connectivity index (χ1n) is 7.99. The van der Waals surface area contributed by atoms with Crippen LogP contribution in [0.15, 0.2) is 12.3 Å². The monoisotopic (exact) mass is 324 g/mol. The van der Waals surface area contributed by atoms with E-state index < -0.39 is 0 Å². The Morgan fingerprint density at radius 3 is 2.74 bits per heavy atom. The minimum Gasteiger partial charge on any atom is -0.269 e. The highest BCUT2D eigenvalue weighted by Crippen LogP contribution is 2.32. The lowest BCUT2D eigenvalue weighted by Crippen LogP contribution is -2.18. The maximum Gasteiger partial charge on any atom is 0.0627 e. The molecule has 0 amide bonds. The molecule has 1 aromatic heterocycles. The quantitative estimate of drug-likeness (QED) is 0.724. The van der Waals surface area contributed by atoms with Crippen molar-refractivity contribution in [3.05, 3.63) is 18.0 Å². The van der Waals surface area contributed by atoms with E-state index in [1.807, 2.05) is 0 Å². The second kappa shape index (κ2) is 6.43. The summed E-state index contributed by atoms with van der Waals surface area (Å²) in [5.41, 5.74) is 1.32. The zero-order valence-electron chi connectivity index (χ0n) is 11.7. The van der Waals surface area contributed by atoms with Crippen molar-refractivity contribution < 1.29 is 0 Å². The molecule has 0 aliphatic heterocycles. The Hall–Kier alpha value is -0.310. The van der Waals surface area contributed by atoms with Gasteiger partial charge in [0.2, 0.25) is 0 Å². The zero-order valence-corrected chi connectivity index (χ0v) is 13.3. The van der Waals surface area contributed by atoms with E-state index >= 15 is 0 Å². The minimum absolute atomic E-state index is 0.678. The zero-order chi connectivity index (χ0) is 13.1. The molecule has 0 spiro atoms. The SMILES string of the molecule is BrC1CCCC(Cc2ccn(C3CCCCC3)n2)C1. The molecular formula is C16H25BrN2. The summed E-state index contributed by atoms with van der Waals surface area (Å²) in [5.74, 6) is 0.841. The number of rotatable bonds is 3. The highest BCUT2D eigenvalue weighted by molar-refractivity contribution is 9.09. The van der Waals surface area contributed by atoms with Crippen molar-refractivity contribution in [1.29, 1.82) is 0 Å². The Balaban J connectivity index is 1.58. The minimum atomic E-state index is 0.678. The van der Waals surface area contributed by atoms with Crippen LogP contribution >= 0.6 is 15.9 Å². The van der Waals surface area contributed by atoms with Crippen molar-refractivity contribution in [2.45, 2.75) is 75.1 Å². The van der Waals surface area contributed by atoms with Crippen LogP contribution in [0.2, 0.25) is 0 Å². The van der Waals surface area contributed by atoms with Crippen molar-refractivity contribution in [2.24, 2.45) is 5.92 Å². The Morgan fingerprint density at radius 2 is 1.95 bits per heavy atom. The standard InChI is InChI=1S/C16H25BrN2/c17-14-6-4-5-13(11-14)12-15-9-10-19(18-15)16-7-2-1-3-8-16/h9-10,13-14,16H,1-8,11-12H2. The van der Waals surface area contributed by atoms with E-state index in [2.05, 4.69) is 32.9 Å². The van der Waals surface area contributed by atoms with Gasteiger partial charge in [-0.1, -0.05) is 41.6 Å². The predicted molar refractivity (Wildman–Crippen MR) is 82.7 cm³/mol. The van der Waals surface area contributed by atoms with E-state index in [1.54, 1.807) is 0 Å². The average molecular weight is 325 g/mol. The molecule has 2 nitrogen and oxygen atoms in total.